The largest absolute Gasteiger partial charge is 0.384 e. The number of nitrogens with zero attached hydrogens (tertiary/aromatic N) is 5. The number of hydrogen-bond donors (Lipinski definition) is 3. The van der Waals surface area contributed by atoms with E-state index in [1.165, 1.54) is 13.1 Å². The summed E-state index contributed by atoms with van der Waals surface area (Å²) in [6, 6.07) is 2.02. The number of aliphatic hydroxyl groups excluding tert-OH is 1. The fourth-order valence-corrected chi connectivity index (χ4v) is 4.52. The number of carbonyl (C=O) groups is 2. The van der Waals surface area contributed by atoms with Crippen molar-refractivity contribution in [2.24, 2.45) is 11.7 Å². The van der Waals surface area contributed by atoms with E-state index < -0.39 is 12.0 Å². The van der Waals surface area contributed by atoms with Gasteiger partial charge < -0.3 is 21.1 Å². The van der Waals surface area contributed by atoms with Crippen LogP contribution in [0.5, 0.6) is 0 Å². The molecule has 0 unspecified atom stereocenters. The number of aryl methyl sites for hydroxylation is 1. The zero-order valence-electron chi connectivity index (χ0n) is 19.2. The molecule has 0 aliphatic carbocycles. The van der Waals surface area contributed by atoms with Crippen LogP contribution >= 0.6 is 0 Å². The van der Waals surface area contributed by atoms with Gasteiger partial charge in [0.1, 0.15) is 6.10 Å². The molecule has 0 bridgehead atoms. The molecular formula is C23H31N7O3. The van der Waals surface area contributed by atoms with Gasteiger partial charge >= 0.3 is 0 Å². The van der Waals surface area contributed by atoms with Crippen LogP contribution in [0.3, 0.4) is 0 Å². The van der Waals surface area contributed by atoms with Crippen molar-refractivity contribution < 1.29 is 14.7 Å². The van der Waals surface area contributed by atoms with E-state index in [1.54, 1.807) is 9.42 Å². The Bertz CT molecular complexity index is 1170. The number of aliphatic hydroxyl groups is 1. The van der Waals surface area contributed by atoms with Gasteiger partial charge in [-0.15, -0.1) is 0 Å². The van der Waals surface area contributed by atoms with Gasteiger partial charge in [0.15, 0.2) is 0 Å². The molecule has 0 aromatic carbocycles. The van der Waals surface area contributed by atoms with Gasteiger partial charge in [-0.25, -0.2) is 4.52 Å². The van der Waals surface area contributed by atoms with E-state index in [-0.39, 0.29) is 17.9 Å². The number of piperidine rings is 1. The smallest absolute Gasteiger partial charge is 0.252 e. The molecule has 1 saturated heterocycles. The van der Waals surface area contributed by atoms with E-state index in [0.29, 0.717) is 30.8 Å². The molecule has 3 aromatic rings. The average molecular weight is 454 g/mol. The molecule has 1 aliphatic heterocycles. The Balaban J connectivity index is 1.67. The van der Waals surface area contributed by atoms with E-state index in [1.807, 2.05) is 36.3 Å². The third kappa shape index (κ3) is 4.43. The summed E-state index contributed by atoms with van der Waals surface area (Å²) in [4.78, 5) is 26.2. The van der Waals surface area contributed by atoms with Gasteiger partial charge in [-0.05, 0) is 38.7 Å². The average Bonchev–Trinajstić information content (AvgIpc) is 3.45. The molecule has 0 spiro atoms. The van der Waals surface area contributed by atoms with Crippen LogP contribution in [0.15, 0.2) is 30.9 Å². The summed E-state index contributed by atoms with van der Waals surface area (Å²) in [6.07, 6.45) is 7.70. The maximum Gasteiger partial charge on any atom is 0.252 e. The SMILES string of the molecule is CC[C@@H]1CN(C(=O)[C@@H](C)O)CC[C@H]1Nc1c(C(N)=O)cnn2cc(-c3cnn(CC)c3)cc12. The van der Waals surface area contributed by atoms with Gasteiger partial charge in [0.05, 0.1) is 29.2 Å². The highest BCUT2D eigenvalue weighted by atomic mass is 16.3. The van der Waals surface area contributed by atoms with E-state index in [9.17, 15) is 14.7 Å². The molecule has 10 nitrogen and oxygen atoms in total. The molecule has 1 fully saturated rings. The van der Waals surface area contributed by atoms with Crippen LogP contribution in [0.25, 0.3) is 16.6 Å². The lowest BCUT2D eigenvalue weighted by molar-refractivity contribution is -0.141. The van der Waals surface area contributed by atoms with Crippen molar-refractivity contribution in [3.05, 3.63) is 36.4 Å². The number of fused-ring (bicyclic) bond motifs is 1. The molecule has 4 rings (SSSR count). The van der Waals surface area contributed by atoms with Gasteiger partial charge in [0.25, 0.3) is 11.8 Å². The number of rotatable bonds is 7. The number of nitrogens with one attached hydrogen (secondary N) is 1. The Labute approximate surface area is 192 Å². The van der Waals surface area contributed by atoms with E-state index in [4.69, 9.17) is 5.73 Å². The molecule has 4 N–H and O–H groups in total. The third-order valence-electron chi connectivity index (χ3n) is 6.45. The first-order chi connectivity index (χ1) is 15.8. The summed E-state index contributed by atoms with van der Waals surface area (Å²) in [6.45, 7) is 7.46. The zero-order valence-corrected chi connectivity index (χ0v) is 19.2. The van der Waals surface area contributed by atoms with Crippen LogP contribution in [-0.4, -0.2) is 66.5 Å². The second-order valence-electron chi connectivity index (χ2n) is 8.61. The normalized spacial score (nSPS) is 19.6. The lowest BCUT2D eigenvalue weighted by Gasteiger charge is -2.39. The van der Waals surface area contributed by atoms with E-state index >= 15 is 0 Å². The van der Waals surface area contributed by atoms with Crippen LogP contribution in [0.2, 0.25) is 0 Å². The predicted octanol–water partition coefficient (Wildman–Crippen LogP) is 1.74. The highest BCUT2D eigenvalue weighted by Crippen LogP contribution is 2.31. The molecule has 3 atom stereocenters. The van der Waals surface area contributed by atoms with Crippen LogP contribution in [0.4, 0.5) is 5.69 Å². The Morgan fingerprint density at radius 2 is 2.03 bits per heavy atom. The zero-order chi connectivity index (χ0) is 23.7. The van der Waals surface area contributed by atoms with Crippen LogP contribution in [-0.2, 0) is 11.3 Å². The number of aromatic nitrogens is 4. The Morgan fingerprint density at radius 3 is 2.67 bits per heavy atom. The van der Waals surface area contributed by atoms with Gasteiger partial charge in [-0.2, -0.15) is 10.2 Å². The molecule has 0 radical (unpaired) electrons. The second-order valence-corrected chi connectivity index (χ2v) is 8.61. The van der Waals surface area contributed by atoms with Crippen molar-refractivity contribution in [1.82, 2.24) is 24.3 Å². The number of likely N-dealkylation sites (tertiary alicyclic amines) is 1. The Kier molecular flexibility index (Phi) is 6.37. The van der Waals surface area contributed by atoms with Crippen molar-refractivity contribution in [3.8, 4) is 11.1 Å². The first-order valence-corrected chi connectivity index (χ1v) is 11.4. The molecule has 4 heterocycles. The quantitative estimate of drug-likeness (QED) is 0.499. The number of hydrogen-bond acceptors (Lipinski definition) is 6. The van der Waals surface area contributed by atoms with E-state index in [2.05, 4.69) is 22.4 Å². The van der Waals surface area contributed by atoms with E-state index in [0.717, 1.165) is 29.6 Å². The highest BCUT2D eigenvalue weighted by molar-refractivity contribution is 6.02. The number of anilines is 1. The number of primary amides is 1. The summed E-state index contributed by atoms with van der Waals surface area (Å²) >= 11 is 0. The number of amides is 2. The standard InChI is InChI=1S/C23H31N7O3/c1-4-15-11-28(23(33)14(3)31)7-6-19(15)27-21-18(22(24)32)10-26-30-13-16(8-20(21)30)17-9-25-29(5-2)12-17/h8-10,12-15,19,27,31H,4-7,11H2,1-3H3,(H2,24,32)/t14-,15-,19-/m1/s1. The van der Waals surface area contributed by atoms with Crippen molar-refractivity contribution in [2.45, 2.75) is 52.3 Å². The number of carbonyl (C=O) groups excluding carboxylic acids is 2. The Morgan fingerprint density at radius 1 is 1.24 bits per heavy atom. The second kappa shape index (κ2) is 9.22. The summed E-state index contributed by atoms with van der Waals surface area (Å²) < 4.78 is 3.59. The first kappa shape index (κ1) is 22.8. The minimum Gasteiger partial charge on any atom is -0.384 e. The van der Waals surface area contributed by atoms with Crippen molar-refractivity contribution >= 4 is 23.0 Å². The van der Waals surface area contributed by atoms with Crippen molar-refractivity contribution in [3.63, 3.8) is 0 Å². The molecule has 2 amide bonds. The molecule has 33 heavy (non-hydrogen) atoms. The third-order valence-corrected chi connectivity index (χ3v) is 6.45. The van der Waals surface area contributed by atoms with Crippen molar-refractivity contribution in [1.29, 1.82) is 0 Å². The fourth-order valence-electron chi connectivity index (χ4n) is 4.52. The fraction of sp³-hybridized carbons (Fsp3) is 0.478. The van der Waals surface area contributed by atoms with Crippen LogP contribution < -0.4 is 11.1 Å². The predicted molar refractivity (Wildman–Crippen MR) is 125 cm³/mol. The molecule has 3 aromatic heterocycles. The first-order valence-electron chi connectivity index (χ1n) is 11.4. The number of nitrogens with two attached hydrogens (primary N) is 1. The van der Waals surface area contributed by atoms with Gasteiger partial charge in [-0.3, -0.25) is 14.3 Å². The summed E-state index contributed by atoms with van der Waals surface area (Å²) in [7, 11) is 0. The maximum absolute atomic E-state index is 12.3. The van der Waals surface area contributed by atoms with Crippen LogP contribution in [0.1, 0.15) is 44.0 Å². The molecule has 176 valence electrons. The minimum atomic E-state index is -1.01. The van der Waals surface area contributed by atoms with Crippen molar-refractivity contribution in [2.75, 3.05) is 18.4 Å². The van der Waals surface area contributed by atoms with Gasteiger partial charge in [0, 0.05) is 49.2 Å². The monoisotopic (exact) mass is 453 g/mol. The molecular weight excluding hydrogens is 422 g/mol. The summed E-state index contributed by atoms with van der Waals surface area (Å²) in [5, 5.41) is 22.0. The lowest BCUT2D eigenvalue weighted by atomic mass is 9.89. The molecule has 1 aliphatic rings. The summed E-state index contributed by atoms with van der Waals surface area (Å²) in [5.74, 6) is -0.642. The van der Waals surface area contributed by atoms with Crippen LogP contribution in [0, 0.1) is 5.92 Å². The lowest BCUT2D eigenvalue weighted by Crippen LogP contribution is -2.50. The highest BCUT2D eigenvalue weighted by Gasteiger charge is 2.32. The van der Waals surface area contributed by atoms with Gasteiger partial charge in [0.2, 0.25) is 0 Å². The minimum absolute atomic E-state index is 0.0403. The summed E-state index contributed by atoms with van der Waals surface area (Å²) in [5.41, 5.74) is 9.32. The maximum atomic E-state index is 12.3. The molecule has 10 heteroatoms. The Hall–Kier alpha value is -3.40. The topological polar surface area (TPSA) is 131 Å². The van der Waals surface area contributed by atoms with Gasteiger partial charge in [-0.1, -0.05) is 6.92 Å². The molecule has 0 saturated carbocycles.